The van der Waals surface area contributed by atoms with Gasteiger partial charge in [-0.1, -0.05) is 11.6 Å². The Labute approximate surface area is 228 Å². The lowest BCUT2D eigenvalue weighted by molar-refractivity contribution is -0.958. The molecule has 0 atom stereocenters. The largest absolute Gasteiger partial charge is 1.00 e. The summed E-state index contributed by atoms with van der Waals surface area (Å²) >= 11 is 6.05. The Bertz CT molecular complexity index is 1090. The van der Waals surface area contributed by atoms with E-state index in [-0.39, 0.29) is 48.4 Å². The lowest BCUT2D eigenvalue weighted by Crippen LogP contribution is -3.19. The molecule has 0 bridgehead atoms. The van der Waals surface area contributed by atoms with Gasteiger partial charge in [0, 0.05) is 23.2 Å². The van der Waals surface area contributed by atoms with Gasteiger partial charge in [-0.25, -0.2) is 4.98 Å². The number of ether oxygens (including phenoxy) is 2. The van der Waals surface area contributed by atoms with Crippen LogP contribution in [0.15, 0.2) is 52.0 Å². The van der Waals surface area contributed by atoms with Crippen LogP contribution in [0.5, 0.6) is 11.5 Å². The van der Waals surface area contributed by atoms with Gasteiger partial charge in [0.2, 0.25) is 16.7 Å². The van der Waals surface area contributed by atoms with E-state index in [1.54, 1.807) is 6.07 Å². The first-order valence-electron chi connectivity index (χ1n) is 11.3. The molecule has 0 amide bonds. The Morgan fingerprint density at radius 2 is 1.69 bits per heavy atom. The number of aromatic nitrogens is 1. The van der Waals surface area contributed by atoms with E-state index in [9.17, 15) is 4.79 Å². The molecule has 0 spiro atoms. The van der Waals surface area contributed by atoms with E-state index in [0.29, 0.717) is 18.2 Å². The maximum absolute atomic E-state index is 12.3. The molecule has 0 aliphatic carbocycles. The fourth-order valence-corrected chi connectivity index (χ4v) is 4.13. The summed E-state index contributed by atoms with van der Waals surface area (Å²) in [6, 6.07) is 9.20. The van der Waals surface area contributed by atoms with Crippen LogP contribution in [0.2, 0.25) is 5.02 Å². The molecule has 1 aromatic carbocycles. The van der Waals surface area contributed by atoms with Crippen LogP contribution in [0.4, 0.5) is 0 Å². The number of benzene rings is 1. The second-order valence-electron chi connectivity index (χ2n) is 8.16. The zero-order chi connectivity index (χ0) is 22.2. The third kappa shape index (κ3) is 9.33. The summed E-state index contributed by atoms with van der Waals surface area (Å²) in [4.78, 5) is 16.9. The van der Waals surface area contributed by atoms with E-state index in [4.69, 9.17) is 25.5 Å². The minimum absolute atomic E-state index is 0. The van der Waals surface area contributed by atoms with Crippen molar-refractivity contribution in [3.05, 3.63) is 63.8 Å². The summed E-state index contributed by atoms with van der Waals surface area (Å²) in [5.74, 6) is 1.86. The number of quaternary nitrogens is 2. The quantitative estimate of drug-likeness (QED) is 0.239. The average molecular weight is 567 g/mol. The van der Waals surface area contributed by atoms with Crippen LogP contribution in [-0.4, -0.2) is 39.4 Å². The molecular weight excluding hydrogens is 536 g/mol. The zero-order valence-electron chi connectivity index (χ0n) is 19.3. The Morgan fingerprint density at radius 1 is 0.971 bits per heavy atom. The molecule has 4 rings (SSSR count). The number of nitrogens with two attached hydrogens (primary N) is 1. The predicted octanol–water partition coefficient (Wildman–Crippen LogP) is -8.14. The molecule has 194 valence electrons. The molecule has 3 aromatic rings. The van der Waals surface area contributed by atoms with Crippen LogP contribution in [0.3, 0.4) is 0 Å². The van der Waals surface area contributed by atoms with Gasteiger partial charge in [-0.05, 0) is 31.4 Å². The van der Waals surface area contributed by atoms with Crippen LogP contribution in [0.1, 0.15) is 25.0 Å². The van der Waals surface area contributed by atoms with Crippen molar-refractivity contribution in [3.63, 3.8) is 0 Å². The van der Waals surface area contributed by atoms with E-state index < -0.39 is 0 Å². The smallest absolute Gasteiger partial charge is 0.227 e. The number of rotatable bonds is 10. The molecular formula is C24H31Cl4N3O4. The normalized spacial score (nSPS) is 13.3. The number of unbranched alkanes of at least 4 members (excludes halogenated alkanes) is 2. The maximum atomic E-state index is 12.3. The Kier molecular flexibility index (Phi) is 14.4. The number of H-pyrrole nitrogens is 1. The molecule has 35 heavy (non-hydrogen) atoms. The standard InChI is InChI=1S/C24H28ClN3O4.3ClH/c25-18-4-5-20-21(14-18)27-7-6-23(20)30-12-2-1-3-13-31-24-17-32-19(15-22(24)29)16-28-10-8-26-9-11-28;;;/h4-7,14-15,17,26H,1-3,8-13,16H2;3*1H. The summed E-state index contributed by atoms with van der Waals surface area (Å²) < 4.78 is 17.2. The highest BCUT2D eigenvalue weighted by molar-refractivity contribution is 6.31. The second kappa shape index (κ2) is 16.1. The summed E-state index contributed by atoms with van der Waals surface area (Å²) in [5.41, 5.74) is 0.842. The molecule has 0 unspecified atom stereocenters. The van der Waals surface area contributed by atoms with Crippen molar-refractivity contribution < 1.29 is 66.3 Å². The van der Waals surface area contributed by atoms with E-state index in [2.05, 4.69) is 10.3 Å². The molecule has 7 nitrogen and oxygen atoms in total. The van der Waals surface area contributed by atoms with Crippen LogP contribution in [-0.2, 0) is 6.54 Å². The summed E-state index contributed by atoms with van der Waals surface area (Å²) in [6.45, 7) is 6.31. The Hall–Kier alpha value is -1.74. The molecule has 1 fully saturated rings. The van der Waals surface area contributed by atoms with Gasteiger partial charge in [-0.2, -0.15) is 0 Å². The lowest BCUT2D eigenvalue weighted by Gasteiger charge is -2.21. The highest BCUT2D eigenvalue weighted by atomic mass is 35.5. The molecule has 0 saturated carbocycles. The van der Waals surface area contributed by atoms with Gasteiger partial charge in [0.15, 0.2) is 12.0 Å². The highest BCUT2D eigenvalue weighted by Crippen LogP contribution is 2.24. The SMILES string of the molecule is O=c1cc(C[NH+]2CC[NH2+]CC2)occ1OCCCCCOc1cc[nH+]c2cc(Cl)ccc12.[Cl-].[Cl-].[Cl-]. The van der Waals surface area contributed by atoms with Crippen molar-refractivity contribution in [3.8, 4) is 11.5 Å². The minimum atomic E-state index is -0.106. The van der Waals surface area contributed by atoms with E-state index in [0.717, 1.165) is 74.4 Å². The average Bonchev–Trinajstić information content (AvgIpc) is 2.80. The molecule has 11 heteroatoms. The van der Waals surface area contributed by atoms with Crippen molar-refractivity contribution in [2.75, 3.05) is 39.4 Å². The number of aromatic amines is 1. The van der Waals surface area contributed by atoms with E-state index in [1.165, 1.54) is 11.2 Å². The van der Waals surface area contributed by atoms with Gasteiger partial charge in [0.25, 0.3) is 0 Å². The number of nitrogens with one attached hydrogen (secondary N) is 2. The van der Waals surface area contributed by atoms with Crippen molar-refractivity contribution >= 4 is 22.5 Å². The molecule has 1 aliphatic rings. The van der Waals surface area contributed by atoms with Crippen molar-refractivity contribution in [1.29, 1.82) is 0 Å². The van der Waals surface area contributed by atoms with Gasteiger partial charge in [-0.15, -0.1) is 0 Å². The number of halogens is 4. The van der Waals surface area contributed by atoms with Crippen LogP contribution < -0.4 is 67.3 Å². The molecule has 4 N–H and O–H groups in total. The summed E-state index contributed by atoms with van der Waals surface area (Å²) in [6.07, 6.45) is 6.01. The second-order valence-corrected chi connectivity index (χ2v) is 8.59. The van der Waals surface area contributed by atoms with Gasteiger partial charge in [0.1, 0.15) is 44.7 Å². The minimum Gasteiger partial charge on any atom is -1.00 e. The van der Waals surface area contributed by atoms with Gasteiger partial charge < -0.3 is 61.3 Å². The number of fused-ring (bicyclic) bond motifs is 1. The molecule has 0 radical (unpaired) electrons. The Morgan fingerprint density at radius 3 is 2.40 bits per heavy atom. The molecule has 1 saturated heterocycles. The van der Waals surface area contributed by atoms with Crippen molar-refractivity contribution in [2.45, 2.75) is 25.8 Å². The maximum Gasteiger partial charge on any atom is 0.227 e. The van der Waals surface area contributed by atoms with Crippen LogP contribution >= 0.6 is 11.6 Å². The third-order valence-electron chi connectivity index (χ3n) is 5.70. The van der Waals surface area contributed by atoms with E-state index in [1.807, 2.05) is 30.5 Å². The number of hydrogen-bond acceptors (Lipinski definition) is 4. The van der Waals surface area contributed by atoms with Gasteiger partial charge in [0.05, 0.1) is 18.6 Å². The molecule has 1 aliphatic heterocycles. The number of pyridine rings is 1. The fraction of sp³-hybridized carbons (Fsp3) is 0.417. The van der Waals surface area contributed by atoms with Gasteiger partial charge >= 0.3 is 0 Å². The van der Waals surface area contributed by atoms with Gasteiger partial charge in [-0.3, -0.25) is 4.79 Å². The fourth-order valence-electron chi connectivity index (χ4n) is 3.96. The first-order chi connectivity index (χ1) is 15.7. The first kappa shape index (κ1) is 31.3. The summed E-state index contributed by atoms with van der Waals surface area (Å²) in [5, 5.41) is 4.02. The molecule has 3 heterocycles. The predicted molar refractivity (Wildman–Crippen MR) is 121 cm³/mol. The summed E-state index contributed by atoms with van der Waals surface area (Å²) in [7, 11) is 0. The van der Waals surface area contributed by atoms with Crippen LogP contribution in [0.25, 0.3) is 10.9 Å². The Balaban J connectivity index is 0.00000204. The van der Waals surface area contributed by atoms with Crippen LogP contribution in [0, 0.1) is 0 Å². The van der Waals surface area contributed by atoms with Crippen molar-refractivity contribution in [2.24, 2.45) is 0 Å². The molecule has 2 aromatic heterocycles. The third-order valence-corrected chi connectivity index (χ3v) is 5.94. The number of hydrogen-bond donors (Lipinski definition) is 2. The topological polar surface area (TPSA) is 83.9 Å². The number of piperazine rings is 1. The van der Waals surface area contributed by atoms with E-state index >= 15 is 0 Å². The zero-order valence-corrected chi connectivity index (χ0v) is 22.4. The first-order valence-corrected chi connectivity index (χ1v) is 11.7. The monoisotopic (exact) mass is 565 g/mol. The van der Waals surface area contributed by atoms with Crippen molar-refractivity contribution in [1.82, 2.24) is 0 Å². The highest BCUT2D eigenvalue weighted by Gasteiger charge is 2.17. The lowest BCUT2D eigenvalue weighted by atomic mass is 10.2.